The van der Waals surface area contributed by atoms with E-state index in [1.807, 2.05) is 4.66 Å². The number of rotatable bonds is 5. The Morgan fingerprint density at radius 1 is 0.328 bits per heavy atom. The molecule has 0 nitrogen and oxygen atoms in total. The molecule has 3 aromatic rings. The number of benzene rings is 3. The Labute approximate surface area is 384 Å². The first kappa shape index (κ1) is 53.8. The summed E-state index contributed by atoms with van der Waals surface area (Å²) in [5.74, 6) is 0. The van der Waals surface area contributed by atoms with Gasteiger partial charge in [-0.3, -0.25) is 0 Å². The summed E-state index contributed by atoms with van der Waals surface area (Å²) < 4.78 is 1.85. The second-order valence-corrected chi connectivity index (χ2v) is 38.7. The summed E-state index contributed by atoms with van der Waals surface area (Å²) in [6, 6.07) is 15.9. The lowest BCUT2D eigenvalue weighted by Gasteiger charge is -2.36. The van der Waals surface area contributed by atoms with Crippen LogP contribution in [0.1, 0.15) is 237 Å². The fraction of sp³-hybridized carbons (Fsp3) is 0.672. The molecule has 0 aliphatic carbocycles. The van der Waals surface area contributed by atoms with E-state index in [9.17, 15) is 0 Å². The Morgan fingerprint density at radius 2 is 0.525 bits per heavy atom. The van der Waals surface area contributed by atoms with E-state index in [0.29, 0.717) is 8.58 Å². The van der Waals surface area contributed by atoms with Gasteiger partial charge in [-0.15, -0.1) is 0 Å². The highest BCUT2D eigenvalue weighted by atomic mass is 31.1. The predicted octanol–water partition coefficient (Wildman–Crippen LogP) is 16.8. The van der Waals surface area contributed by atoms with Crippen molar-refractivity contribution in [3.8, 4) is 0 Å². The molecule has 0 saturated heterocycles. The first-order chi connectivity index (χ1) is 26.6. The Kier molecular flexibility index (Phi) is 14.8. The second-order valence-electron chi connectivity index (χ2n) is 29.1. The molecule has 0 amide bonds. The standard InChI is InChI=1S/C58H97P2Si/c1-50(2,3)37-31-40(53(10,11)12)46(41(32-37)54(13,14)15)59-49(61(28,29)30)60(47-42(55(16,17)18)33-38(51(4,5)6)34-43(47)56(19,20)21)48-44(57(22,23)24)35-39(52(7,8)9)36-45(48)58(25,26)27/h31-36,59H,1-30H3/q+1. The van der Waals surface area contributed by atoms with Crippen LogP contribution in [0.25, 0.3) is 0 Å². The summed E-state index contributed by atoms with van der Waals surface area (Å²) in [7, 11) is -2.48. The quantitative estimate of drug-likeness (QED) is 0.177. The Bertz CT molecular complexity index is 1920. The van der Waals surface area contributed by atoms with Crippen LogP contribution >= 0.6 is 16.1 Å². The maximum atomic E-state index is 2.69. The van der Waals surface area contributed by atoms with Crippen molar-refractivity contribution in [2.24, 2.45) is 0 Å². The van der Waals surface area contributed by atoms with Gasteiger partial charge >= 0.3 is 0 Å². The summed E-state index contributed by atoms with van der Waals surface area (Å²) in [4.78, 5) is 0. The molecule has 0 saturated carbocycles. The lowest BCUT2D eigenvalue weighted by Crippen LogP contribution is -2.41. The smallest absolute Gasteiger partial charge is 0.0620 e. The minimum atomic E-state index is -2.08. The molecule has 0 aliphatic heterocycles. The van der Waals surface area contributed by atoms with Gasteiger partial charge in [0.25, 0.3) is 0 Å². The van der Waals surface area contributed by atoms with Crippen LogP contribution in [0.5, 0.6) is 0 Å². The van der Waals surface area contributed by atoms with Crippen molar-refractivity contribution in [2.75, 3.05) is 0 Å². The van der Waals surface area contributed by atoms with Gasteiger partial charge in [-0.25, -0.2) is 0 Å². The predicted molar refractivity (Wildman–Crippen MR) is 290 cm³/mol. The zero-order valence-corrected chi connectivity index (χ0v) is 48.8. The molecule has 0 N–H and O–H groups in total. The molecule has 1 unspecified atom stereocenters. The van der Waals surface area contributed by atoms with Crippen molar-refractivity contribution in [3.05, 3.63) is 86.5 Å². The molecule has 61 heavy (non-hydrogen) atoms. The third-order valence-electron chi connectivity index (χ3n) is 12.4. The first-order valence-electron chi connectivity index (χ1n) is 23.6. The van der Waals surface area contributed by atoms with Gasteiger partial charge in [0.1, 0.15) is 12.7 Å². The van der Waals surface area contributed by atoms with Crippen molar-refractivity contribution >= 4 is 44.8 Å². The summed E-state index contributed by atoms with van der Waals surface area (Å²) >= 11 is 0. The van der Waals surface area contributed by atoms with E-state index in [-0.39, 0.29) is 48.7 Å². The van der Waals surface area contributed by atoms with Gasteiger partial charge in [0.15, 0.2) is 18.2 Å². The molecule has 0 radical (unpaired) electrons. The first-order valence-corrected chi connectivity index (χ1v) is 29.5. The van der Waals surface area contributed by atoms with E-state index in [0.717, 1.165) is 0 Å². The molecule has 3 aromatic carbocycles. The van der Waals surface area contributed by atoms with Crippen LogP contribution in [0.2, 0.25) is 19.6 Å². The number of hydrogen-bond acceptors (Lipinski definition) is 0. The average molecular weight is 884 g/mol. The maximum Gasteiger partial charge on any atom is 0.169 e. The van der Waals surface area contributed by atoms with Crippen LogP contribution in [-0.2, 0) is 48.7 Å². The SMILES string of the molecule is CC(C)(C)c1cc(C(C)(C)C)c(PC(=[P+](c2c(C(C)(C)C)cc(C(C)(C)C)cc2C(C)(C)C)c2c(C(C)(C)C)cc(C(C)(C)C)cc2C(C)(C)C)[Si](C)(C)C)c(C(C)(C)C)c1. The van der Waals surface area contributed by atoms with E-state index in [1.165, 1.54) is 16.7 Å². The number of hydrogen-bond donors (Lipinski definition) is 0. The van der Waals surface area contributed by atoms with E-state index in [2.05, 4.69) is 243 Å². The third-order valence-corrected chi connectivity index (χ3v) is 23.5. The van der Waals surface area contributed by atoms with E-state index >= 15 is 0 Å². The van der Waals surface area contributed by atoms with Crippen molar-refractivity contribution in [2.45, 2.75) is 255 Å². The minimum absolute atomic E-state index is 0.0140. The second kappa shape index (κ2) is 16.7. The molecule has 342 valence electrons. The summed E-state index contributed by atoms with van der Waals surface area (Å²) in [6.45, 7) is 74.4. The van der Waals surface area contributed by atoms with Gasteiger partial charge in [-0.2, -0.15) is 0 Å². The van der Waals surface area contributed by atoms with Crippen molar-refractivity contribution in [3.63, 3.8) is 0 Å². The highest BCUT2D eigenvalue weighted by Crippen LogP contribution is 2.50. The largest absolute Gasteiger partial charge is 0.169 e. The molecule has 3 heteroatoms. The lowest BCUT2D eigenvalue weighted by molar-refractivity contribution is 0.552. The fourth-order valence-electron chi connectivity index (χ4n) is 8.33. The van der Waals surface area contributed by atoms with Crippen LogP contribution in [0.4, 0.5) is 0 Å². The van der Waals surface area contributed by atoms with Gasteiger partial charge in [0.2, 0.25) is 0 Å². The van der Waals surface area contributed by atoms with Gasteiger partial charge < -0.3 is 0 Å². The zero-order chi connectivity index (χ0) is 48.0. The van der Waals surface area contributed by atoms with Crippen molar-refractivity contribution in [1.29, 1.82) is 0 Å². The molecule has 0 aromatic heterocycles. The van der Waals surface area contributed by atoms with E-state index in [1.54, 1.807) is 49.3 Å². The van der Waals surface area contributed by atoms with Crippen LogP contribution < -0.4 is 15.9 Å². The minimum Gasteiger partial charge on any atom is -0.0620 e. The summed E-state index contributed by atoms with van der Waals surface area (Å²) in [6.07, 6.45) is 0. The highest BCUT2D eigenvalue weighted by molar-refractivity contribution is 7.97. The fourth-order valence-corrected chi connectivity index (χ4v) is 19.6. The van der Waals surface area contributed by atoms with Gasteiger partial charge in [0.05, 0.1) is 0 Å². The Balaban J connectivity index is 3.15. The summed E-state index contributed by atoms with van der Waals surface area (Å²) in [5, 5.41) is 4.90. The van der Waals surface area contributed by atoms with Crippen molar-refractivity contribution < 1.29 is 0 Å². The molecule has 0 fully saturated rings. The molecular formula is C58H97P2Si+. The molecule has 1 atom stereocenters. The van der Waals surface area contributed by atoms with Crippen molar-refractivity contribution in [1.82, 2.24) is 0 Å². The monoisotopic (exact) mass is 884 g/mol. The average Bonchev–Trinajstić information content (AvgIpc) is 2.99. The van der Waals surface area contributed by atoms with Crippen LogP contribution in [0, 0.1) is 0 Å². The molecule has 0 spiro atoms. The molecule has 0 bridgehead atoms. The molecule has 0 aliphatic rings. The van der Waals surface area contributed by atoms with Crippen LogP contribution in [0.15, 0.2) is 36.4 Å². The lowest BCUT2D eigenvalue weighted by atomic mass is 9.75. The Morgan fingerprint density at radius 3 is 0.689 bits per heavy atom. The Hall–Kier alpha value is -1.52. The van der Waals surface area contributed by atoms with E-state index < -0.39 is 15.6 Å². The van der Waals surface area contributed by atoms with Crippen LogP contribution in [-0.4, -0.2) is 12.7 Å². The normalized spacial score (nSPS) is 14.7. The van der Waals surface area contributed by atoms with Gasteiger partial charge in [0, 0.05) is 22.3 Å². The van der Waals surface area contributed by atoms with Gasteiger partial charge in [-0.05, 0) is 90.4 Å². The molecular weight excluding hydrogens is 787 g/mol. The maximum absolute atomic E-state index is 2.69. The van der Waals surface area contributed by atoms with E-state index in [4.69, 9.17) is 0 Å². The van der Waals surface area contributed by atoms with Gasteiger partial charge in [-0.1, -0.05) is 243 Å². The molecule has 3 rings (SSSR count). The highest BCUT2D eigenvalue weighted by Gasteiger charge is 2.47. The topological polar surface area (TPSA) is 0 Å². The van der Waals surface area contributed by atoms with Crippen LogP contribution in [0.3, 0.4) is 0 Å². The summed E-state index contributed by atoms with van der Waals surface area (Å²) in [5.41, 5.74) is 13.4. The zero-order valence-electron chi connectivity index (χ0n) is 45.9. The molecule has 0 heterocycles. The third kappa shape index (κ3) is 12.4.